The summed E-state index contributed by atoms with van der Waals surface area (Å²) >= 11 is 0. The van der Waals surface area contributed by atoms with E-state index in [4.69, 9.17) is 9.47 Å². The van der Waals surface area contributed by atoms with Gasteiger partial charge in [-0.05, 0) is 30.2 Å². The van der Waals surface area contributed by atoms with E-state index in [9.17, 15) is 9.18 Å². The van der Waals surface area contributed by atoms with Gasteiger partial charge in [0.25, 0.3) is 5.56 Å². The molecule has 3 heterocycles. The normalized spacial score (nSPS) is 16.6. The van der Waals surface area contributed by atoms with E-state index in [0.717, 1.165) is 35.2 Å². The van der Waals surface area contributed by atoms with Gasteiger partial charge in [0.2, 0.25) is 12.3 Å². The number of hydrogen-bond acceptors (Lipinski definition) is 6. The van der Waals surface area contributed by atoms with Crippen LogP contribution in [0.3, 0.4) is 0 Å². The molecule has 1 fully saturated rings. The van der Waals surface area contributed by atoms with Crippen LogP contribution in [0.5, 0.6) is 5.75 Å². The summed E-state index contributed by atoms with van der Waals surface area (Å²) in [6, 6.07) is 13.2. The number of rotatable bonds is 7. The highest BCUT2D eigenvalue weighted by Gasteiger charge is 2.17. The number of nitrogens with one attached hydrogen (secondary N) is 1. The highest BCUT2D eigenvalue weighted by Crippen LogP contribution is 2.26. The smallest absolute Gasteiger partial charge is 0.274 e. The van der Waals surface area contributed by atoms with E-state index in [1.807, 2.05) is 35.0 Å². The third kappa shape index (κ3) is 4.38. The SMILES string of the molecule is CC(F)Oc1ccccc1Cn1c2cc(-c3cnc(N[C@@H]4CCOC4)nc3)ccc2c(=O)n1C. The number of para-hydroxylation sites is 1. The maximum absolute atomic E-state index is 13.5. The van der Waals surface area contributed by atoms with Gasteiger partial charge in [-0.1, -0.05) is 24.3 Å². The molecule has 4 aromatic rings. The van der Waals surface area contributed by atoms with Crippen LogP contribution in [0.15, 0.2) is 59.7 Å². The molecule has 2 aromatic heterocycles. The van der Waals surface area contributed by atoms with E-state index in [2.05, 4.69) is 15.3 Å². The molecule has 176 valence electrons. The Morgan fingerprint density at radius 3 is 2.74 bits per heavy atom. The van der Waals surface area contributed by atoms with Crippen molar-refractivity contribution in [3.8, 4) is 16.9 Å². The molecule has 1 unspecified atom stereocenters. The molecule has 34 heavy (non-hydrogen) atoms. The van der Waals surface area contributed by atoms with Crippen LogP contribution in [0.1, 0.15) is 18.9 Å². The second-order valence-electron chi connectivity index (χ2n) is 8.39. The minimum atomic E-state index is -1.43. The fourth-order valence-corrected chi connectivity index (χ4v) is 4.21. The Kier molecular flexibility index (Phi) is 6.02. The van der Waals surface area contributed by atoms with Crippen LogP contribution < -0.4 is 15.6 Å². The molecule has 1 N–H and O–H groups in total. The lowest BCUT2D eigenvalue weighted by Gasteiger charge is -2.15. The maximum Gasteiger partial charge on any atom is 0.274 e. The molecule has 0 aliphatic carbocycles. The van der Waals surface area contributed by atoms with Crippen molar-refractivity contribution in [1.82, 2.24) is 19.3 Å². The average molecular weight is 464 g/mol. The van der Waals surface area contributed by atoms with Crippen molar-refractivity contribution in [3.63, 3.8) is 0 Å². The van der Waals surface area contributed by atoms with Gasteiger partial charge >= 0.3 is 0 Å². The van der Waals surface area contributed by atoms with Gasteiger partial charge in [0.1, 0.15) is 5.75 Å². The zero-order valence-corrected chi connectivity index (χ0v) is 19.1. The summed E-state index contributed by atoms with van der Waals surface area (Å²) in [7, 11) is 1.72. The van der Waals surface area contributed by atoms with Crippen molar-refractivity contribution < 1.29 is 13.9 Å². The molecule has 1 aliphatic heterocycles. The Hall–Kier alpha value is -3.72. The summed E-state index contributed by atoms with van der Waals surface area (Å²) in [5.41, 5.74) is 3.17. The number of benzene rings is 2. The number of anilines is 1. The first-order chi connectivity index (χ1) is 16.5. The van der Waals surface area contributed by atoms with Gasteiger partial charge in [-0.15, -0.1) is 0 Å². The van der Waals surface area contributed by atoms with Crippen molar-refractivity contribution in [2.24, 2.45) is 7.05 Å². The van der Waals surface area contributed by atoms with Crippen LogP contribution in [0.25, 0.3) is 22.0 Å². The van der Waals surface area contributed by atoms with Crippen LogP contribution in [-0.2, 0) is 18.3 Å². The molecule has 9 heteroatoms. The second-order valence-corrected chi connectivity index (χ2v) is 8.39. The fraction of sp³-hybridized carbons (Fsp3) is 0.320. The fourth-order valence-electron chi connectivity index (χ4n) is 4.21. The summed E-state index contributed by atoms with van der Waals surface area (Å²) in [6.07, 6.45) is 3.04. The van der Waals surface area contributed by atoms with Crippen LogP contribution in [0.4, 0.5) is 10.3 Å². The topological polar surface area (TPSA) is 83.2 Å². The number of hydrogen-bond donors (Lipinski definition) is 1. The van der Waals surface area contributed by atoms with E-state index in [1.165, 1.54) is 6.92 Å². The molecule has 2 atom stereocenters. The van der Waals surface area contributed by atoms with Crippen LogP contribution in [-0.4, -0.2) is 44.9 Å². The van der Waals surface area contributed by atoms with Crippen molar-refractivity contribution in [3.05, 3.63) is 70.8 Å². The largest absolute Gasteiger partial charge is 0.460 e. The Morgan fingerprint density at radius 2 is 2.00 bits per heavy atom. The van der Waals surface area contributed by atoms with E-state index < -0.39 is 6.36 Å². The lowest BCUT2D eigenvalue weighted by molar-refractivity contribution is 0.0847. The average Bonchev–Trinajstić information content (AvgIpc) is 3.43. The van der Waals surface area contributed by atoms with Crippen LogP contribution in [0.2, 0.25) is 0 Å². The first-order valence-corrected chi connectivity index (χ1v) is 11.2. The number of fused-ring (bicyclic) bond motifs is 1. The predicted molar refractivity (Wildman–Crippen MR) is 128 cm³/mol. The summed E-state index contributed by atoms with van der Waals surface area (Å²) < 4.78 is 27.7. The van der Waals surface area contributed by atoms with Crippen molar-refractivity contribution in [2.75, 3.05) is 18.5 Å². The van der Waals surface area contributed by atoms with Gasteiger partial charge in [0, 0.05) is 44.1 Å². The number of alkyl halides is 1. The van der Waals surface area contributed by atoms with E-state index in [1.54, 1.807) is 36.3 Å². The molecule has 5 rings (SSSR count). The Bertz CT molecular complexity index is 1360. The standard InChI is InChI=1S/C25H26FN5O3/c1-16(26)34-23-6-4-3-5-18(23)14-31-22-11-17(7-8-21(22)24(32)30(31)2)19-12-27-25(28-13-19)29-20-9-10-33-15-20/h3-8,11-13,16,20H,9-10,14-15H2,1-2H3,(H,27,28,29)/t16?,20-/m1/s1. The highest BCUT2D eigenvalue weighted by atomic mass is 19.1. The maximum atomic E-state index is 13.5. The molecule has 0 spiro atoms. The second kappa shape index (κ2) is 9.26. The molecule has 0 radical (unpaired) electrons. The van der Waals surface area contributed by atoms with E-state index in [0.29, 0.717) is 30.2 Å². The van der Waals surface area contributed by atoms with Gasteiger partial charge in [-0.2, -0.15) is 0 Å². The Labute approximate surface area is 196 Å². The summed E-state index contributed by atoms with van der Waals surface area (Å²) in [4.78, 5) is 21.8. The molecule has 2 aromatic carbocycles. The molecule has 1 aliphatic rings. The van der Waals surface area contributed by atoms with E-state index in [-0.39, 0.29) is 11.6 Å². The van der Waals surface area contributed by atoms with Gasteiger partial charge in [-0.25, -0.2) is 14.4 Å². The number of aromatic nitrogens is 4. The summed E-state index contributed by atoms with van der Waals surface area (Å²) in [6.45, 7) is 3.10. The predicted octanol–water partition coefficient (Wildman–Crippen LogP) is 3.74. The van der Waals surface area contributed by atoms with Gasteiger partial charge in [0.05, 0.1) is 30.1 Å². The third-order valence-electron chi connectivity index (χ3n) is 5.99. The zero-order chi connectivity index (χ0) is 23.7. The lowest BCUT2D eigenvalue weighted by Crippen LogP contribution is -2.20. The molecule has 0 saturated carbocycles. The van der Waals surface area contributed by atoms with Crippen molar-refractivity contribution in [2.45, 2.75) is 32.3 Å². The van der Waals surface area contributed by atoms with Gasteiger partial charge in [-0.3, -0.25) is 14.2 Å². The minimum Gasteiger partial charge on any atom is -0.460 e. The molecular weight excluding hydrogens is 437 g/mol. The van der Waals surface area contributed by atoms with Crippen molar-refractivity contribution in [1.29, 1.82) is 0 Å². The Morgan fingerprint density at radius 1 is 1.21 bits per heavy atom. The molecule has 0 bridgehead atoms. The first-order valence-electron chi connectivity index (χ1n) is 11.2. The molecule has 8 nitrogen and oxygen atoms in total. The number of nitrogens with zero attached hydrogens (tertiary/aromatic N) is 4. The molecule has 1 saturated heterocycles. The lowest BCUT2D eigenvalue weighted by atomic mass is 10.1. The van der Waals surface area contributed by atoms with E-state index >= 15 is 0 Å². The Balaban J connectivity index is 1.48. The number of ether oxygens (including phenoxy) is 2. The quantitative estimate of drug-likeness (QED) is 0.450. The highest BCUT2D eigenvalue weighted by molar-refractivity contribution is 5.84. The summed E-state index contributed by atoms with van der Waals surface area (Å²) in [5, 5.41) is 3.88. The monoisotopic (exact) mass is 463 g/mol. The zero-order valence-electron chi connectivity index (χ0n) is 19.1. The number of halogens is 1. The molecular formula is C25H26FN5O3. The minimum absolute atomic E-state index is 0.103. The van der Waals surface area contributed by atoms with Gasteiger partial charge in [0.15, 0.2) is 0 Å². The molecule has 0 amide bonds. The van der Waals surface area contributed by atoms with Crippen molar-refractivity contribution >= 4 is 16.9 Å². The third-order valence-corrected chi connectivity index (χ3v) is 5.99. The van der Waals surface area contributed by atoms with Crippen LogP contribution in [0, 0.1) is 0 Å². The summed E-state index contributed by atoms with van der Waals surface area (Å²) in [5.74, 6) is 1.02. The first kappa shape index (κ1) is 22.1. The van der Waals surface area contributed by atoms with Gasteiger partial charge < -0.3 is 14.8 Å². The van der Waals surface area contributed by atoms with Crippen LogP contribution >= 0.6 is 0 Å².